The van der Waals surface area contributed by atoms with E-state index in [9.17, 15) is 4.79 Å². The first-order valence-corrected chi connectivity index (χ1v) is 7.76. The average Bonchev–Trinajstić information content (AvgIpc) is 2.82. The van der Waals surface area contributed by atoms with Gasteiger partial charge in [-0.1, -0.05) is 30.3 Å². The van der Waals surface area contributed by atoms with E-state index in [4.69, 9.17) is 10.7 Å². The van der Waals surface area contributed by atoms with Crippen LogP contribution in [0, 0.1) is 6.92 Å². The summed E-state index contributed by atoms with van der Waals surface area (Å²) in [4.78, 5) is 17.4. The second-order valence-electron chi connectivity index (χ2n) is 6.19. The zero-order valence-electron chi connectivity index (χ0n) is 13.2. The van der Waals surface area contributed by atoms with Crippen LogP contribution in [0.1, 0.15) is 39.6 Å². The van der Waals surface area contributed by atoms with Crippen LogP contribution in [-0.4, -0.2) is 20.5 Å². The minimum atomic E-state index is 0.0789. The maximum absolute atomic E-state index is 12.7. The summed E-state index contributed by atoms with van der Waals surface area (Å²) >= 11 is 0. The van der Waals surface area contributed by atoms with Crippen molar-refractivity contribution < 1.29 is 4.79 Å². The molecule has 3 aromatic rings. The van der Waals surface area contributed by atoms with E-state index in [0.717, 1.165) is 28.8 Å². The fourth-order valence-electron chi connectivity index (χ4n) is 3.60. The van der Waals surface area contributed by atoms with Crippen LogP contribution in [0.3, 0.4) is 0 Å². The maximum atomic E-state index is 12.7. The third kappa shape index (κ3) is 2.04. The van der Waals surface area contributed by atoms with Gasteiger partial charge >= 0.3 is 0 Å². The Kier molecular flexibility index (Phi) is 2.98. The van der Waals surface area contributed by atoms with Crippen molar-refractivity contribution in [1.29, 1.82) is 0 Å². The van der Waals surface area contributed by atoms with Gasteiger partial charge in [0, 0.05) is 13.5 Å². The number of hydrogen-bond acceptors (Lipinski definition) is 4. The quantitative estimate of drug-likeness (QED) is 0.750. The van der Waals surface area contributed by atoms with Crippen molar-refractivity contribution in [1.82, 2.24) is 14.8 Å². The molecule has 2 aromatic heterocycles. The molecule has 4 rings (SSSR count). The van der Waals surface area contributed by atoms with Gasteiger partial charge in [-0.15, -0.1) is 0 Å². The smallest absolute Gasteiger partial charge is 0.167 e. The van der Waals surface area contributed by atoms with Crippen LogP contribution in [-0.2, 0) is 13.5 Å². The van der Waals surface area contributed by atoms with Gasteiger partial charge in [0.15, 0.2) is 11.4 Å². The molecule has 0 bridgehead atoms. The first kappa shape index (κ1) is 13.9. The van der Waals surface area contributed by atoms with Crippen molar-refractivity contribution in [2.45, 2.75) is 25.7 Å². The van der Waals surface area contributed by atoms with Gasteiger partial charge in [0.1, 0.15) is 0 Å². The first-order valence-electron chi connectivity index (χ1n) is 7.76. The number of aryl methyl sites for hydroxylation is 2. The third-order valence-electron chi connectivity index (χ3n) is 4.68. The Morgan fingerprint density at radius 1 is 1.22 bits per heavy atom. The minimum Gasteiger partial charge on any atom is -0.397 e. The van der Waals surface area contributed by atoms with E-state index in [1.54, 1.807) is 4.68 Å². The zero-order chi connectivity index (χ0) is 16.1. The molecule has 0 amide bonds. The average molecular weight is 306 g/mol. The predicted molar refractivity (Wildman–Crippen MR) is 89.5 cm³/mol. The number of rotatable bonds is 1. The second-order valence-corrected chi connectivity index (χ2v) is 6.19. The van der Waals surface area contributed by atoms with Gasteiger partial charge in [0.2, 0.25) is 0 Å². The normalized spacial score (nSPS) is 17.5. The van der Waals surface area contributed by atoms with Crippen LogP contribution < -0.4 is 5.73 Å². The molecule has 1 aliphatic carbocycles. The number of nitrogens with zero attached hydrogens (tertiary/aromatic N) is 3. The minimum absolute atomic E-state index is 0.0789. The zero-order valence-corrected chi connectivity index (χ0v) is 13.2. The maximum Gasteiger partial charge on any atom is 0.167 e. The number of fused-ring (bicyclic) bond motifs is 2. The highest BCUT2D eigenvalue weighted by molar-refractivity contribution is 6.09. The van der Waals surface area contributed by atoms with Crippen LogP contribution in [0.5, 0.6) is 0 Å². The second kappa shape index (κ2) is 4.91. The summed E-state index contributed by atoms with van der Waals surface area (Å²) in [5, 5.41) is 5.19. The van der Waals surface area contributed by atoms with Gasteiger partial charge < -0.3 is 5.73 Å². The Hall–Kier alpha value is -2.69. The molecule has 0 spiro atoms. The highest BCUT2D eigenvalue weighted by Gasteiger charge is 2.31. The Bertz CT molecular complexity index is 927. The van der Waals surface area contributed by atoms with E-state index in [1.807, 2.05) is 32.2 Å². The van der Waals surface area contributed by atoms with Crippen molar-refractivity contribution >= 4 is 22.5 Å². The van der Waals surface area contributed by atoms with E-state index < -0.39 is 0 Å². The van der Waals surface area contributed by atoms with Crippen molar-refractivity contribution in [3.63, 3.8) is 0 Å². The molecule has 1 atom stereocenters. The first-order chi connectivity index (χ1) is 11.1. The van der Waals surface area contributed by atoms with Crippen LogP contribution in [0.25, 0.3) is 11.0 Å². The molecule has 0 aliphatic heterocycles. The van der Waals surface area contributed by atoms with Crippen molar-refractivity contribution in [2.75, 3.05) is 5.73 Å². The van der Waals surface area contributed by atoms with E-state index in [1.165, 1.54) is 5.56 Å². The molecule has 0 radical (unpaired) electrons. The summed E-state index contributed by atoms with van der Waals surface area (Å²) in [5.74, 6) is 0.241. The lowest BCUT2D eigenvalue weighted by Crippen LogP contribution is -2.22. The summed E-state index contributed by atoms with van der Waals surface area (Å²) in [6, 6.07) is 10.1. The summed E-state index contributed by atoms with van der Waals surface area (Å²) in [7, 11) is 1.85. The molecule has 0 saturated carbocycles. The number of carbonyl (C=O) groups is 1. The van der Waals surface area contributed by atoms with Crippen LogP contribution >= 0.6 is 0 Å². The van der Waals surface area contributed by atoms with Crippen molar-refractivity contribution in [3.05, 3.63) is 52.8 Å². The van der Waals surface area contributed by atoms with Gasteiger partial charge in [0.05, 0.1) is 28.0 Å². The summed E-state index contributed by atoms with van der Waals surface area (Å²) < 4.78 is 1.73. The molecule has 0 fully saturated rings. The summed E-state index contributed by atoms with van der Waals surface area (Å²) in [6.45, 7) is 1.90. The van der Waals surface area contributed by atoms with E-state index in [-0.39, 0.29) is 11.7 Å². The third-order valence-corrected chi connectivity index (χ3v) is 4.68. The molecular formula is C18H18N4O. The Morgan fingerprint density at radius 2 is 1.96 bits per heavy atom. The molecule has 2 N–H and O–H groups in total. The SMILES string of the molecule is Cc1nn(C)c2nc3c(c(N)c12)C(=O)C[C@@H](c1ccccc1)C3. The number of hydrogen-bond donors (Lipinski definition) is 1. The largest absolute Gasteiger partial charge is 0.397 e. The monoisotopic (exact) mass is 306 g/mol. The molecule has 23 heavy (non-hydrogen) atoms. The van der Waals surface area contributed by atoms with Crippen molar-refractivity contribution in [2.24, 2.45) is 7.05 Å². The highest BCUT2D eigenvalue weighted by Crippen LogP contribution is 2.37. The topological polar surface area (TPSA) is 73.8 Å². The fourth-order valence-corrected chi connectivity index (χ4v) is 3.60. The Labute approximate surface area is 134 Å². The van der Waals surface area contributed by atoms with E-state index in [0.29, 0.717) is 17.7 Å². The Balaban J connectivity index is 1.89. The van der Waals surface area contributed by atoms with Gasteiger partial charge in [0.25, 0.3) is 0 Å². The molecule has 116 valence electrons. The molecular weight excluding hydrogens is 288 g/mol. The van der Waals surface area contributed by atoms with Crippen molar-refractivity contribution in [3.8, 4) is 0 Å². The number of carbonyl (C=O) groups excluding carboxylic acids is 1. The number of nitrogens with two attached hydrogens (primary N) is 1. The molecule has 5 nitrogen and oxygen atoms in total. The van der Waals surface area contributed by atoms with Gasteiger partial charge in [-0.25, -0.2) is 4.98 Å². The predicted octanol–water partition coefficient (Wildman–Crippen LogP) is 2.77. The standard InChI is InChI=1S/C18H18N4O/c1-10-15-17(19)16-13(20-18(15)22(2)21-10)8-12(9-14(16)23)11-6-4-3-5-7-11/h3-7,12H,8-9H2,1-2H3,(H2,19,20)/t12-/m0/s1. The number of ketones is 1. The molecule has 0 saturated heterocycles. The highest BCUT2D eigenvalue weighted by atomic mass is 16.1. The van der Waals surface area contributed by atoms with Gasteiger partial charge in [-0.05, 0) is 24.8 Å². The molecule has 0 unspecified atom stereocenters. The van der Waals surface area contributed by atoms with E-state index >= 15 is 0 Å². The molecule has 2 heterocycles. The number of pyridine rings is 1. The Morgan fingerprint density at radius 3 is 2.70 bits per heavy atom. The number of aromatic nitrogens is 3. The lowest BCUT2D eigenvalue weighted by Gasteiger charge is -2.24. The van der Waals surface area contributed by atoms with Gasteiger partial charge in [-0.2, -0.15) is 5.10 Å². The number of anilines is 1. The van der Waals surface area contributed by atoms with Crippen LogP contribution in [0.2, 0.25) is 0 Å². The number of nitrogen functional groups attached to an aromatic ring is 1. The van der Waals surface area contributed by atoms with Crippen LogP contribution in [0.4, 0.5) is 5.69 Å². The molecule has 5 heteroatoms. The molecule has 1 aromatic carbocycles. The summed E-state index contributed by atoms with van der Waals surface area (Å²) in [5.41, 5.74) is 11.0. The number of Topliss-reactive ketones (excluding diaryl/α,β-unsaturated/α-hetero) is 1. The number of benzene rings is 1. The summed E-state index contributed by atoms with van der Waals surface area (Å²) in [6.07, 6.45) is 1.21. The van der Waals surface area contributed by atoms with Crippen LogP contribution in [0.15, 0.2) is 30.3 Å². The van der Waals surface area contributed by atoms with Gasteiger partial charge in [-0.3, -0.25) is 9.48 Å². The van der Waals surface area contributed by atoms with E-state index in [2.05, 4.69) is 17.2 Å². The lowest BCUT2D eigenvalue weighted by atomic mass is 9.81. The fraction of sp³-hybridized carbons (Fsp3) is 0.278. The lowest BCUT2D eigenvalue weighted by molar-refractivity contribution is 0.0964. The molecule has 1 aliphatic rings.